The van der Waals surface area contributed by atoms with E-state index in [1.807, 2.05) is 6.07 Å². The van der Waals surface area contributed by atoms with E-state index in [1.165, 1.54) is 21.8 Å². The number of aryl methyl sites for hydroxylation is 1. The first kappa shape index (κ1) is 22.2. The SMILES string of the molecule is CC1=CCCC(C)=C1c1cncc([C@H](CC(=O)O)NC(=O)Cn2ccc(C)cc2=O)c1. The first-order valence-corrected chi connectivity index (χ1v) is 10.2. The fraction of sp³-hybridized carbons (Fsp3) is 0.333. The van der Waals surface area contributed by atoms with Crippen LogP contribution in [0.5, 0.6) is 0 Å². The lowest BCUT2D eigenvalue weighted by molar-refractivity contribution is -0.137. The first-order chi connectivity index (χ1) is 14.7. The van der Waals surface area contributed by atoms with Gasteiger partial charge in [-0.3, -0.25) is 19.4 Å². The number of hydrogen-bond donors (Lipinski definition) is 2. The third-order valence-electron chi connectivity index (χ3n) is 5.42. The number of carboxylic acid groups (broad SMARTS) is 1. The molecule has 7 nitrogen and oxygen atoms in total. The van der Waals surface area contributed by atoms with Crippen molar-refractivity contribution >= 4 is 17.4 Å². The van der Waals surface area contributed by atoms with Gasteiger partial charge >= 0.3 is 5.97 Å². The van der Waals surface area contributed by atoms with E-state index in [0.717, 1.165) is 29.5 Å². The summed E-state index contributed by atoms with van der Waals surface area (Å²) >= 11 is 0. The van der Waals surface area contributed by atoms with Crippen LogP contribution in [0, 0.1) is 6.92 Å². The predicted molar refractivity (Wildman–Crippen MR) is 118 cm³/mol. The second kappa shape index (κ2) is 9.55. The molecule has 2 N–H and O–H groups in total. The van der Waals surface area contributed by atoms with Gasteiger partial charge in [-0.1, -0.05) is 11.6 Å². The van der Waals surface area contributed by atoms with E-state index in [0.29, 0.717) is 5.56 Å². The first-order valence-electron chi connectivity index (χ1n) is 10.2. The molecule has 0 fully saturated rings. The van der Waals surface area contributed by atoms with Crippen molar-refractivity contribution in [3.8, 4) is 0 Å². The molecule has 1 amide bonds. The van der Waals surface area contributed by atoms with Gasteiger partial charge in [0.2, 0.25) is 5.91 Å². The Balaban J connectivity index is 1.86. The molecule has 0 bridgehead atoms. The summed E-state index contributed by atoms with van der Waals surface area (Å²) in [6.07, 6.45) is 8.77. The molecule has 162 valence electrons. The van der Waals surface area contributed by atoms with Crippen LogP contribution in [0.3, 0.4) is 0 Å². The maximum absolute atomic E-state index is 12.6. The average Bonchev–Trinajstić information content (AvgIpc) is 2.69. The Labute approximate surface area is 181 Å². The minimum Gasteiger partial charge on any atom is -0.481 e. The van der Waals surface area contributed by atoms with Crippen LogP contribution in [0.1, 0.15) is 55.8 Å². The highest BCUT2D eigenvalue weighted by Crippen LogP contribution is 2.33. The van der Waals surface area contributed by atoms with Crippen molar-refractivity contribution in [2.45, 2.75) is 52.6 Å². The van der Waals surface area contributed by atoms with Gasteiger partial charge in [-0.05, 0) is 68.0 Å². The van der Waals surface area contributed by atoms with E-state index in [1.54, 1.807) is 31.6 Å². The van der Waals surface area contributed by atoms with E-state index in [9.17, 15) is 19.5 Å². The van der Waals surface area contributed by atoms with E-state index in [-0.39, 0.29) is 18.5 Å². The van der Waals surface area contributed by atoms with Gasteiger partial charge in [0.25, 0.3) is 5.56 Å². The van der Waals surface area contributed by atoms with Crippen LogP contribution in [0.15, 0.2) is 58.8 Å². The van der Waals surface area contributed by atoms with Gasteiger partial charge < -0.3 is 15.0 Å². The normalized spacial score (nSPS) is 14.7. The molecule has 2 heterocycles. The molecule has 0 unspecified atom stereocenters. The number of aliphatic carboxylic acids is 1. The number of hydrogen-bond acceptors (Lipinski definition) is 4. The molecule has 0 spiro atoms. The molecule has 31 heavy (non-hydrogen) atoms. The molecular weight excluding hydrogens is 394 g/mol. The average molecular weight is 421 g/mol. The molecule has 3 rings (SSSR count). The third kappa shape index (κ3) is 5.57. The summed E-state index contributed by atoms with van der Waals surface area (Å²) in [5, 5.41) is 12.1. The lowest BCUT2D eigenvalue weighted by Crippen LogP contribution is -2.35. The van der Waals surface area contributed by atoms with Crippen LogP contribution in [-0.4, -0.2) is 26.5 Å². The minimum atomic E-state index is -1.03. The van der Waals surface area contributed by atoms with Crippen molar-refractivity contribution < 1.29 is 14.7 Å². The van der Waals surface area contributed by atoms with Gasteiger partial charge in [0.1, 0.15) is 6.54 Å². The summed E-state index contributed by atoms with van der Waals surface area (Å²) in [6, 6.07) is 4.33. The number of aromatic nitrogens is 2. The van der Waals surface area contributed by atoms with Crippen molar-refractivity contribution in [3.05, 3.63) is 81.1 Å². The summed E-state index contributed by atoms with van der Waals surface area (Å²) < 4.78 is 1.29. The zero-order valence-corrected chi connectivity index (χ0v) is 18.0. The lowest BCUT2D eigenvalue weighted by Gasteiger charge is -2.21. The van der Waals surface area contributed by atoms with Crippen LogP contribution in [0.25, 0.3) is 5.57 Å². The Morgan fingerprint density at radius 2 is 2.00 bits per heavy atom. The Bertz CT molecular complexity index is 1130. The maximum Gasteiger partial charge on any atom is 0.305 e. The van der Waals surface area contributed by atoms with Crippen molar-refractivity contribution in [1.29, 1.82) is 0 Å². The van der Waals surface area contributed by atoms with E-state index >= 15 is 0 Å². The molecule has 1 atom stereocenters. The zero-order chi connectivity index (χ0) is 22.5. The fourth-order valence-electron chi connectivity index (χ4n) is 3.89. The van der Waals surface area contributed by atoms with E-state index in [2.05, 4.69) is 30.2 Å². The highest BCUT2D eigenvalue weighted by molar-refractivity contribution is 5.82. The Morgan fingerprint density at radius 1 is 1.23 bits per heavy atom. The quantitative estimate of drug-likeness (QED) is 0.714. The van der Waals surface area contributed by atoms with Crippen LogP contribution >= 0.6 is 0 Å². The monoisotopic (exact) mass is 421 g/mol. The molecule has 0 saturated carbocycles. The number of rotatable bonds is 7. The molecule has 0 aliphatic heterocycles. The number of carboxylic acids is 1. The van der Waals surface area contributed by atoms with Crippen LogP contribution in [0.2, 0.25) is 0 Å². The Kier molecular flexibility index (Phi) is 6.84. The number of nitrogens with zero attached hydrogens (tertiary/aromatic N) is 2. The second-order valence-corrected chi connectivity index (χ2v) is 7.98. The summed E-state index contributed by atoms with van der Waals surface area (Å²) in [6.45, 7) is 5.76. The maximum atomic E-state index is 12.6. The van der Waals surface area contributed by atoms with Crippen LogP contribution in [-0.2, 0) is 16.1 Å². The number of pyridine rings is 2. The molecule has 2 aromatic heterocycles. The molecule has 0 saturated heterocycles. The van der Waals surface area contributed by atoms with Gasteiger partial charge in [0, 0.05) is 30.2 Å². The topological polar surface area (TPSA) is 101 Å². The summed E-state index contributed by atoms with van der Waals surface area (Å²) in [5.41, 5.74) is 5.59. The van der Waals surface area contributed by atoms with Crippen molar-refractivity contribution in [2.24, 2.45) is 0 Å². The van der Waals surface area contributed by atoms with E-state index in [4.69, 9.17) is 0 Å². The van der Waals surface area contributed by atoms with Crippen molar-refractivity contribution in [2.75, 3.05) is 0 Å². The number of nitrogens with one attached hydrogen (secondary N) is 1. The Hall–Kier alpha value is -3.48. The largest absolute Gasteiger partial charge is 0.481 e. The number of carbonyl (C=O) groups is 2. The molecular formula is C24H27N3O4. The number of allylic oxidation sites excluding steroid dienone is 4. The molecule has 2 aromatic rings. The second-order valence-electron chi connectivity index (χ2n) is 7.98. The third-order valence-corrected chi connectivity index (χ3v) is 5.42. The summed E-state index contributed by atoms with van der Waals surface area (Å²) in [7, 11) is 0. The van der Waals surface area contributed by atoms with Crippen LogP contribution < -0.4 is 10.9 Å². The summed E-state index contributed by atoms with van der Waals surface area (Å²) in [4.78, 5) is 40.4. The van der Waals surface area contributed by atoms with Crippen molar-refractivity contribution in [3.63, 3.8) is 0 Å². The lowest BCUT2D eigenvalue weighted by atomic mass is 9.87. The highest BCUT2D eigenvalue weighted by atomic mass is 16.4. The number of carbonyl (C=O) groups excluding carboxylic acids is 1. The van der Waals surface area contributed by atoms with Gasteiger partial charge in [0.15, 0.2) is 0 Å². The van der Waals surface area contributed by atoms with Crippen molar-refractivity contribution in [1.82, 2.24) is 14.9 Å². The molecule has 1 aliphatic rings. The minimum absolute atomic E-state index is 0.186. The molecule has 7 heteroatoms. The zero-order valence-electron chi connectivity index (χ0n) is 18.0. The highest BCUT2D eigenvalue weighted by Gasteiger charge is 2.21. The van der Waals surface area contributed by atoms with Gasteiger partial charge in [0.05, 0.1) is 12.5 Å². The Morgan fingerprint density at radius 3 is 2.68 bits per heavy atom. The smallest absolute Gasteiger partial charge is 0.305 e. The standard InChI is InChI=1S/C24H27N3O4/c1-15-7-8-27(22(29)9-15)14-21(28)26-20(11-23(30)31)18-10-19(13-25-12-18)24-16(2)5-4-6-17(24)3/h5,7-10,12-13,20H,4,6,11,14H2,1-3H3,(H,26,28)(H,30,31)/t20-/m0/s1. The predicted octanol–water partition coefficient (Wildman–Crippen LogP) is 3.40. The summed E-state index contributed by atoms with van der Waals surface area (Å²) in [5.74, 6) is -1.47. The van der Waals surface area contributed by atoms with Gasteiger partial charge in [-0.25, -0.2) is 0 Å². The molecule has 0 radical (unpaired) electrons. The van der Waals surface area contributed by atoms with E-state index < -0.39 is 17.9 Å². The van der Waals surface area contributed by atoms with Gasteiger partial charge in [-0.15, -0.1) is 0 Å². The van der Waals surface area contributed by atoms with Gasteiger partial charge in [-0.2, -0.15) is 0 Å². The molecule has 1 aliphatic carbocycles. The number of amides is 1. The van der Waals surface area contributed by atoms with Crippen LogP contribution in [0.4, 0.5) is 0 Å². The fourth-order valence-corrected chi connectivity index (χ4v) is 3.89. The molecule has 0 aromatic carbocycles.